The molecule has 6 heteroatoms. The summed E-state index contributed by atoms with van der Waals surface area (Å²) in [6, 6.07) is 5.52. The van der Waals surface area contributed by atoms with Crippen LogP contribution in [0.5, 0.6) is 11.5 Å². The smallest absolute Gasteiger partial charge is 0.226 e. The number of aromatic nitrogens is 2. The van der Waals surface area contributed by atoms with E-state index in [1.54, 1.807) is 14.2 Å². The topological polar surface area (TPSA) is 83.4 Å². The number of methoxy groups -OCH3 is 2. The molecular weight excluding hydrogens is 258 g/mol. The van der Waals surface area contributed by atoms with E-state index in [4.69, 9.17) is 19.7 Å². The van der Waals surface area contributed by atoms with E-state index in [0.717, 1.165) is 24.8 Å². The predicted octanol–water partition coefficient (Wildman–Crippen LogP) is 2.04. The fourth-order valence-corrected chi connectivity index (χ4v) is 1.87. The summed E-state index contributed by atoms with van der Waals surface area (Å²) in [5.41, 5.74) is 6.29. The van der Waals surface area contributed by atoms with Gasteiger partial charge in [-0.2, -0.15) is 4.98 Å². The molecule has 0 atom stereocenters. The van der Waals surface area contributed by atoms with Crippen molar-refractivity contribution in [2.24, 2.45) is 5.73 Å². The van der Waals surface area contributed by atoms with Gasteiger partial charge in [0.2, 0.25) is 11.7 Å². The number of nitrogens with two attached hydrogens (primary N) is 1. The van der Waals surface area contributed by atoms with Crippen molar-refractivity contribution in [3.8, 4) is 22.9 Å². The Kier molecular flexibility index (Phi) is 4.95. The number of rotatable bonds is 7. The number of nitrogens with zero attached hydrogens (tertiary/aromatic N) is 2. The van der Waals surface area contributed by atoms with Crippen LogP contribution >= 0.6 is 0 Å². The lowest BCUT2D eigenvalue weighted by Crippen LogP contribution is -1.99. The second-order valence-electron chi connectivity index (χ2n) is 4.33. The summed E-state index contributed by atoms with van der Waals surface area (Å²) < 4.78 is 15.7. The summed E-state index contributed by atoms with van der Waals surface area (Å²) in [6.45, 7) is 0.677. The van der Waals surface area contributed by atoms with Crippen molar-refractivity contribution in [1.29, 1.82) is 0 Å². The van der Waals surface area contributed by atoms with Gasteiger partial charge in [0.25, 0.3) is 0 Å². The Labute approximate surface area is 117 Å². The van der Waals surface area contributed by atoms with Crippen molar-refractivity contribution in [3.05, 3.63) is 24.1 Å². The number of hydrogen-bond acceptors (Lipinski definition) is 6. The maximum absolute atomic E-state index is 5.46. The van der Waals surface area contributed by atoms with E-state index in [2.05, 4.69) is 10.1 Å². The molecule has 0 bridgehead atoms. The van der Waals surface area contributed by atoms with Gasteiger partial charge in [-0.15, -0.1) is 0 Å². The van der Waals surface area contributed by atoms with Gasteiger partial charge in [-0.1, -0.05) is 5.16 Å². The number of aryl methyl sites for hydroxylation is 1. The molecular formula is C14H19N3O3. The molecule has 2 aromatic rings. The van der Waals surface area contributed by atoms with Crippen LogP contribution in [0.4, 0.5) is 0 Å². The van der Waals surface area contributed by atoms with Crippen LogP contribution in [-0.4, -0.2) is 30.9 Å². The molecule has 0 spiro atoms. The van der Waals surface area contributed by atoms with Gasteiger partial charge in [-0.05, 0) is 37.6 Å². The Morgan fingerprint density at radius 1 is 1.15 bits per heavy atom. The standard InChI is InChI=1S/C14H19N3O3/c1-18-11-7-6-10(9-12(11)19-2)14-16-13(20-17-14)5-3-4-8-15/h6-7,9H,3-5,8,15H2,1-2H3. The first-order valence-electron chi connectivity index (χ1n) is 6.53. The van der Waals surface area contributed by atoms with Crippen LogP contribution in [0.25, 0.3) is 11.4 Å². The maximum Gasteiger partial charge on any atom is 0.226 e. The van der Waals surface area contributed by atoms with Crippen LogP contribution < -0.4 is 15.2 Å². The summed E-state index contributed by atoms with van der Waals surface area (Å²) in [5, 5.41) is 3.98. The highest BCUT2D eigenvalue weighted by Crippen LogP contribution is 2.31. The molecule has 1 heterocycles. The number of unbranched alkanes of at least 4 members (excludes halogenated alkanes) is 1. The van der Waals surface area contributed by atoms with E-state index in [9.17, 15) is 0 Å². The zero-order chi connectivity index (χ0) is 14.4. The molecule has 0 fully saturated rings. The fraction of sp³-hybridized carbons (Fsp3) is 0.429. The number of ether oxygens (including phenoxy) is 2. The minimum atomic E-state index is 0.550. The van der Waals surface area contributed by atoms with Gasteiger partial charge in [0.15, 0.2) is 11.5 Å². The number of hydrogen-bond donors (Lipinski definition) is 1. The first kappa shape index (κ1) is 14.3. The highest BCUT2D eigenvalue weighted by molar-refractivity contribution is 5.60. The average Bonchev–Trinajstić information content (AvgIpc) is 2.95. The van der Waals surface area contributed by atoms with Crippen LogP contribution in [0.15, 0.2) is 22.7 Å². The summed E-state index contributed by atoms with van der Waals surface area (Å²) >= 11 is 0. The van der Waals surface area contributed by atoms with E-state index in [1.165, 1.54) is 0 Å². The molecule has 1 aromatic heterocycles. The second-order valence-corrected chi connectivity index (χ2v) is 4.33. The van der Waals surface area contributed by atoms with Gasteiger partial charge in [-0.25, -0.2) is 0 Å². The molecule has 0 amide bonds. The molecule has 6 nitrogen and oxygen atoms in total. The Bertz CT molecular complexity index is 554. The minimum Gasteiger partial charge on any atom is -0.493 e. The Morgan fingerprint density at radius 2 is 1.95 bits per heavy atom. The highest BCUT2D eigenvalue weighted by Gasteiger charge is 2.11. The third kappa shape index (κ3) is 3.27. The summed E-state index contributed by atoms with van der Waals surface area (Å²) in [6.07, 6.45) is 2.65. The third-order valence-corrected chi connectivity index (χ3v) is 2.95. The SMILES string of the molecule is COc1ccc(-c2noc(CCCCN)n2)cc1OC. The Balaban J connectivity index is 2.15. The van der Waals surface area contributed by atoms with Gasteiger partial charge in [0.05, 0.1) is 14.2 Å². The fourth-order valence-electron chi connectivity index (χ4n) is 1.87. The van der Waals surface area contributed by atoms with Crippen molar-refractivity contribution >= 4 is 0 Å². The zero-order valence-corrected chi connectivity index (χ0v) is 11.8. The lowest BCUT2D eigenvalue weighted by atomic mass is 10.2. The highest BCUT2D eigenvalue weighted by atomic mass is 16.5. The van der Waals surface area contributed by atoms with Crippen LogP contribution in [0.2, 0.25) is 0 Å². The van der Waals surface area contributed by atoms with E-state index < -0.39 is 0 Å². The monoisotopic (exact) mass is 277 g/mol. The van der Waals surface area contributed by atoms with Crippen LogP contribution in [0.1, 0.15) is 18.7 Å². The molecule has 20 heavy (non-hydrogen) atoms. The quantitative estimate of drug-likeness (QED) is 0.780. The predicted molar refractivity (Wildman–Crippen MR) is 74.8 cm³/mol. The summed E-state index contributed by atoms with van der Waals surface area (Å²) in [4.78, 5) is 4.37. The second kappa shape index (κ2) is 6.91. The van der Waals surface area contributed by atoms with Crippen molar-refractivity contribution in [1.82, 2.24) is 10.1 Å². The molecule has 1 aromatic carbocycles. The lowest BCUT2D eigenvalue weighted by molar-refractivity contribution is 0.355. The van der Waals surface area contributed by atoms with Gasteiger partial charge in [0.1, 0.15) is 0 Å². The molecule has 0 aliphatic rings. The summed E-state index contributed by atoms with van der Waals surface area (Å²) in [7, 11) is 3.19. The molecule has 0 unspecified atom stereocenters. The molecule has 2 rings (SSSR count). The molecule has 0 radical (unpaired) electrons. The molecule has 108 valence electrons. The first-order valence-corrected chi connectivity index (χ1v) is 6.53. The van der Waals surface area contributed by atoms with Gasteiger partial charge in [-0.3, -0.25) is 0 Å². The average molecular weight is 277 g/mol. The summed E-state index contributed by atoms with van der Waals surface area (Å²) in [5.74, 6) is 2.49. The molecule has 2 N–H and O–H groups in total. The van der Waals surface area contributed by atoms with Crippen molar-refractivity contribution < 1.29 is 14.0 Å². The normalized spacial score (nSPS) is 10.6. The maximum atomic E-state index is 5.46. The molecule has 0 saturated heterocycles. The molecule has 0 aliphatic heterocycles. The molecule has 0 aliphatic carbocycles. The Hall–Kier alpha value is -2.08. The van der Waals surface area contributed by atoms with Gasteiger partial charge < -0.3 is 19.7 Å². The lowest BCUT2D eigenvalue weighted by Gasteiger charge is -2.07. The van der Waals surface area contributed by atoms with Crippen molar-refractivity contribution in [2.45, 2.75) is 19.3 Å². The first-order chi connectivity index (χ1) is 9.78. The largest absolute Gasteiger partial charge is 0.493 e. The third-order valence-electron chi connectivity index (χ3n) is 2.95. The number of benzene rings is 1. The minimum absolute atomic E-state index is 0.550. The van der Waals surface area contributed by atoms with Crippen LogP contribution in [0, 0.1) is 0 Å². The van der Waals surface area contributed by atoms with Gasteiger partial charge >= 0.3 is 0 Å². The zero-order valence-electron chi connectivity index (χ0n) is 11.8. The molecule has 0 saturated carbocycles. The van der Waals surface area contributed by atoms with E-state index >= 15 is 0 Å². The van der Waals surface area contributed by atoms with E-state index in [-0.39, 0.29) is 0 Å². The van der Waals surface area contributed by atoms with Crippen LogP contribution in [0.3, 0.4) is 0 Å². The van der Waals surface area contributed by atoms with Crippen LogP contribution in [-0.2, 0) is 6.42 Å². The van der Waals surface area contributed by atoms with Gasteiger partial charge in [0, 0.05) is 12.0 Å². The van der Waals surface area contributed by atoms with Crippen molar-refractivity contribution in [3.63, 3.8) is 0 Å². The van der Waals surface area contributed by atoms with Crippen molar-refractivity contribution in [2.75, 3.05) is 20.8 Å². The Morgan fingerprint density at radius 3 is 2.65 bits per heavy atom. The van der Waals surface area contributed by atoms with E-state index in [0.29, 0.717) is 29.8 Å². The van der Waals surface area contributed by atoms with E-state index in [1.807, 2.05) is 18.2 Å².